The fourth-order valence-corrected chi connectivity index (χ4v) is 3.32. The second-order valence-corrected chi connectivity index (χ2v) is 5.39. The largest absolute Gasteiger partial charge is 0.365 e. The Morgan fingerprint density at radius 2 is 1.38 bits per heavy atom. The van der Waals surface area contributed by atoms with Crippen molar-refractivity contribution in [2.24, 2.45) is 0 Å². The molecule has 2 heterocycles. The second-order valence-electron chi connectivity index (χ2n) is 3.33. The smallest absolute Gasteiger partial charge is 0.183 e. The van der Waals surface area contributed by atoms with E-state index in [4.69, 9.17) is 0 Å². The molecule has 0 aliphatic carbocycles. The number of benzene rings is 1. The molecule has 3 rings (SSSR count). The lowest BCUT2D eigenvalue weighted by molar-refractivity contribution is 1.40. The molecule has 4 nitrogen and oxygen atoms in total. The molecule has 0 bridgehead atoms. The Kier molecular flexibility index (Phi) is 2.19. The van der Waals surface area contributed by atoms with Gasteiger partial charge >= 0.3 is 0 Å². The highest BCUT2D eigenvalue weighted by Gasteiger charge is 2.08. The Labute approximate surface area is 100 Å². The lowest BCUT2D eigenvalue weighted by Crippen LogP contribution is -1.84. The van der Waals surface area contributed by atoms with Crippen LogP contribution in [0.1, 0.15) is 0 Å². The number of fused-ring (bicyclic) bond motifs is 2. The lowest BCUT2D eigenvalue weighted by Gasteiger charge is -1.86. The maximum absolute atomic E-state index is 4.47. The molecule has 0 fully saturated rings. The predicted octanol–water partition coefficient (Wildman–Crippen LogP) is 2.99. The first-order valence-electron chi connectivity index (χ1n) is 4.87. The maximum atomic E-state index is 4.47. The standard InChI is InChI=1S/C10H10N4S2/c1-11-9-13-5-3-6-8(4-7(5)15-9)16-10(12-2)14-6/h3-4H,1-2H3,(H,11,13)(H,12,14). The summed E-state index contributed by atoms with van der Waals surface area (Å²) in [5, 5.41) is 8.02. The van der Waals surface area contributed by atoms with Gasteiger partial charge in [-0.05, 0) is 12.1 Å². The molecule has 0 spiro atoms. The third-order valence-corrected chi connectivity index (χ3v) is 4.40. The lowest BCUT2D eigenvalue weighted by atomic mass is 10.3. The van der Waals surface area contributed by atoms with Gasteiger partial charge in [0.1, 0.15) is 0 Å². The van der Waals surface area contributed by atoms with Crippen molar-refractivity contribution in [3.05, 3.63) is 12.1 Å². The minimum absolute atomic E-state index is 0.946. The normalized spacial score (nSPS) is 11.1. The predicted molar refractivity (Wildman–Crippen MR) is 71.9 cm³/mol. The van der Waals surface area contributed by atoms with E-state index in [0.717, 1.165) is 21.3 Å². The SMILES string of the molecule is CNc1nc2cc3nc(NC)sc3cc2s1. The van der Waals surface area contributed by atoms with Crippen molar-refractivity contribution in [1.29, 1.82) is 0 Å². The van der Waals surface area contributed by atoms with Gasteiger partial charge in [-0.25, -0.2) is 9.97 Å². The second kappa shape index (κ2) is 3.57. The molecule has 0 radical (unpaired) electrons. The Bertz CT molecular complexity index is 550. The molecule has 0 amide bonds. The van der Waals surface area contributed by atoms with Crippen molar-refractivity contribution in [1.82, 2.24) is 9.97 Å². The van der Waals surface area contributed by atoms with Crippen molar-refractivity contribution in [3.8, 4) is 0 Å². The molecule has 0 saturated carbocycles. The number of aromatic nitrogens is 2. The first-order chi connectivity index (χ1) is 7.80. The van der Waals surface area contributed by atoms with Crippen LogP contribution in [0.25, 0.3) is 20.4 Å². The molecular formula is C10H10N4S2. The number of nitrogens with one attached hydrogen (secondary N) is 2. The van der Waals surface area contributed by atoms with Gasteiger partial charge in [-0.1, -0.05) is 22.7 Å². The average Bonchev–Trinajstić information content (AvgIpc) is 2.86. The number of thiazole rings is 2. The molecule has 1 aromatic carbocycles. The Morgan fingerprint density at radius 3 is 1.81 bits per heavy atom. The third-order valence-electron chi connectivity index (χ3n) is 2.33. The van der Waals surface area contributed by atoms with Crippen LogP contribution in [0, 0.1) is 0 Å². The van der Waals surface area contributed by atoms with Crippen molar-refractivity contribution in [2.45, 2.75) is 0 Å². The molecule has 2 N–H and O–H groups in total. The van der Waals surface area contributed by atoms with Crippen LogP contribution in [0.3, 0.4) is 0 Å². The van der Waals surface area contributed by atoms with Gasteiger partial charge in [-0.2, -0.15) is 0 Å². The fourth-order valence-electron chi connectivity index (χ4n) is 1.56. The zero-order valence-corrected chi connectivity index (χ0v) is 10.5. The summed E-state index contributed by atoms with van der Waals surface area (Å²) >= 11 is 3.33. The van der Waals surface area contributed by atoms with Gasteiger partial charge in [-0.3, -0.25) is 0 Å². The zero-order chi connectivity index (χ0) is 11.1. The van der Waals surface area contributed by atoms with Crippen molar-refractivity contribution in [3.63, 3.8) is 0 Å². The molecule has 6 heteroatoms. The van der Waals surface area contributed by atoms with Crippen LogP contribution in [-0.2, 0) is 0 Å². The van der Waals surface area contributed by atoms with Gasteiger partial charge in [0.25, 0.3) is 0 Å². The van der Waals surface area contributed by atoms with Gasteiger partial charge < -0.3 is 10.6 Å². The molecule has 3 aromatic rings. The summed E-state index contributed by atoms with van der Waals surface area (Å²) in [7, 11) is 3.77. The van der Waals surface area contributed by atoms with Crippen LogP contribution in [0.2, 0.25) is 0 Å². The average molecular weight is 250 g/mol. The molecular weight excluding hydrogens is 240 g/mol. The highest BCUT2D eigenvalue weighted by Crippen LogP contribution is 2.33. The van der Waals surface area contributed by atoms with Crippen LogP contribution in [0.4, 0.5) is 10.3 Å². The first-order valence-corrected chi connectivity index (χ1v) is 6.50. The van der Waals surface area contributed by atoms with Crippen molar-refractivity contribution in [2.75, 3.05) is 24.7 Å². The summed E-state index contributed by atoms with van der Waals surface area (Å²) in [5.74, 6) is 0. The fraction of sp³-hybridized carbons (Fsp3) is 0.200. The van der Waals surface area contributed by atoms with E-state index in [-0.39, 0.29) is 0 Å². The Balaban J connectivity index is 2.28. The molecule has 0 atom stereocenters. The van der Waals surface area contributed by atoms with E-state index < -0.39 is 0 Å². The minimum atomic E-state index is 0.946. The van der Waals surface area contributed by atoms with E-state index in [2.05, 4.69) is 26.7 Å². The van der Waals surface area contributed by atoms with Gasteiger partial charge in [0.15, 0.2) is 10.3 Å². The van der Waals surface area contributed by atoms with Crippen LogP contribution < -0.4 is 10.6 Å². The number of anilines is 2. The van der Waals surface area contributed by atoms with E-state index in [9.17, 15) is 0 Å². The maximum Gasteiger partial charge on any atom is 0.183 e. The summed E-state index contributed by atoms with van der Waals surface area (Å²) in [5.41, 5.74) is 2.02. The Morgan fingerprint density at radius 1 is 0.875 bits per heavy atom. The summed E-state index contributed by atoms with van der Waals surface area (Å²) in [6.07, 6.45) is 0. The number of hydrogen-bond acceptors (Lipinski definition) is 6. The molecule has 82 valence electrons. The topological polar surface area (TPSA) is 49.8 Å². The van der Waals surface area contributed by atoms with Gasteiger partial charge in [-0.15, -0.1) is 0 Å². The minimum Gasteiger partial charge on any atom is -0.365 e. The van der Waals surface area contributed by atoms with Crippen molar-refractivity contribution >= 4 is 53.4 Å². The summed E-state index contributed by atoms with van der Waals surface area (Å²) in [6, 6.07) is 4.20. The van der Waals surface area contributed by atoms with Crippen LogP contribution in [0.5, 0.6) is 0 Å². The quantitative estimate of drug-likeness (QED) is 0.734. The van der Waals surface area contributed by atoms with Crippen LogP contribution in [0.15, 0.2) is 12.1 Å². The van der Waals surface area contributed by atoms with Gasteiger partial charge in [0.2, 0.25) is 0 Å². The van der Waals surface area contributed by atoms with E-state index in [1.54, 1.807) is 22.7 Å². The van der Waals surface area contributed by atoms with E-state index in [1.165, 1.54) is 9.40 Å². The molecule has 0 saturated heterocycles. The highest BCUT2D eigenvalue weighted by molar-refractivity contribution is 7.24. The summed E-state index contributed by atoms with van der Waals surface area (Å²) in [6.45, 7) is 0. The highest BCUT2D eigenvalue weighted by atomic mass is 32.1. The molecule has 0 unspecified atom stereocenters. The monoisotopic (exact) mass is 250 g/mol. The summed E-state index contributed by atoms with van der Waals surface area (Å²) in [4.78, 5) is 8.94. The Hall–Kier alpha value is -1.40. The molecule has 0 aliphatic rings. The van der Waals surface area contributed by atoms with E-state index >= 15 is 0 Å². The molecule has 0 aliphatic heterocycles. The van der Waals surface area contributed by atoms with Crippen LogP contribution >= 0.6 is 22.7 Å². The van der Waals surface area contributed by atoms with E-state index in [1.807, 2.05) is 20.2 Å². The van der Waals surface area contributed by atoms with Gasteiger partial charge in [0.05, 0.1) is 20.4 Å². The third kappa shape index (κ3) is 1.42. The summed E-state index contributed by atoms with van der Waals surface area (Å²) < 4.78 is 2.39. The zero-order valence-electron chi connectivity index (χ0n) is 8.87. The molecule has 2 aromatic heterocycles. The van der Waals surface area contributed by atoms with E-state index in [0.29, 0.717) is 0 Å². The number of nitrogens with zero attached hydrogens (tertiary/aromatic N) is 2. The van der Waals surface area contributed by atoms with Crippen molar-refractivity contribution < 1.29 is 0 Å². The molecule has 16 heavy (non-hydrogen) atoms. The van der Waals surface area contributed by atoms with Gasteiger partial charge in [0, 0.05) is 14.1 Å². The van der Waals surface area contributed by atoms with Crippen LogP contribution in [-0.4, -0.2) is 24.1 Å². The number of rotatable bonds is 2. The first kappa shape index (κ1) is 9.80. The number of hydrogen-bond donors (Lipinski definition) is 2.